The van der Waals surface area contributed by atoms with Crippen LogP contribution in [0.15, 0.2) is 18.2 Å². The van der Waals surface area contributed by atoms with Gasteiger partial charge < -0.3 is 20.3 Å². The third-order valence-corrected chi connectivity index (χ3v) is 2.85. The van der Waals surface area contributed by atoms with Gasteiger partial charge in [0.2, 0.25) is 0 Å². The molecule has 1 aromatic rings. The van der Waals surface area contributed by atoms with Crippen LogP contribution in [0.4, 0.5) is 0 Å². The highest BCUT2D eigenvalue weighted by Gasteiger charge is 2.08. The van der Waals surface area contributed by atoms with E-state index in [4.69, 9.17) is 4.74 Å². The minimum Gasteiger partial charge on any atom is -0.504 e. The Morgan fingerprint density at radius 1 is 1.33 bits per heavy atom. The molecule has 2 atom stereocenters. The summed E-state index contributed by atoms with van der Waals surface area (Å²) < 4.78 is 5.05. The van der Waals surface area contributed by atoms with Crippen molar-refractivity contribution < 1.29 is 14.9 Å². The molecule has 102 valence electrons. The summed E-state index contributed by atoms with van der Waals surface area (Å²) in [5.41, 5.74) is 0.818. The van der Waals surface area contributed by atoms with Crippen molar-refractivity contribution in [2.75, 3.05) is 13.7 Å². The highest BCUT2D eigenvalue weighted by molar-refractivity contribution is 5.45. The number of nitrogens with one attached hydrogen (secondary N) is 1. The van der Waals surface area contributed by atoms with E-state index in [-0.39, 0.29) is 11.9 Å². The number of benzene rings is 1. The van der Waals surface area contributed by atoms with Crippen LogP contribution < -0.4 is 10.1 Å². The Balaban J connectivity index is 2.44. The number of hydrogen-bond donors (Lipinski definition) is 3. The minimum atomic E-state index is -0.271. The number of aliphatic hydroxyl groups excluding tert-OH is 1. The Bertz CT molecular complexity index is 366. The maximum atomic E-state index is 9.89. The summed E-state index contributed by atoms with van der Waals surface area (Å²) in [7, 11) is 1.54. The van der Waals surface area contributed by atoms with E-state index in [2.05, 4.69) is 12.2 Å². The van der Waals surface area contributed by atoms with Crippen LogP contribution in [0.3, 0.4) is 0 Å². The molecular weight excluding hydrogens is 230 g/mol. The van der Waals surface area contributed by atoms with Crippen LogP contribution >= 0.6 is 0 Å². The van der Waals surface area contributed by atoms with Gasteiger partial charge >= 0.3 is 0 Å². The number of hydrogen-bond acceptors (Lipinski definition) is 4. The molecular formula is C14H23NO3. The van der Waals surface area contributed by atoms with E-state index in [9.17, 15) is 10.2 Å². The molecule has 0 saturated heterocycles. The zero-order chi connectivity index (χ0) is 13.5. The second kappa shape index (κ2) is 7.24. The highest BCUT2D eigenvalue weighted by Crippen LogP contribution is 2.29. The molecule has 0 radical (unpaired) electrons. The van der Waals surface area contributed by atoms with E-state index in [0.717, 1.165) is 18.5 Å². The largest absolute Gasteiger partial charge is 0.504 e. The van der Waals surface area contributed by atoms with Crippen molar-refractivity contribution >= 4 is 0 Å². The molecule has 3 N–H and O–H groups in total. The smallest absolute Gasteiger partial charge is 0.162 e. The van der Waals surface area contributed by atoms with E-state index in [1.165, 1.54) is 7.11 Å². The molecule has 1 aromatic carbocycles. The van der Waals surface area contributed by atoms with Crippen LogP contribution in [-0.2, 0) is 6.54 Å². The Hall–Kier alpha value is -1.26. The van der Waals surface area contributed by atoms with Crippen LogP contribution in [0.25, 0.3) is 0 Å². The molecule has 0 aromatic heterocycles. The van der Waals surface area contributed by atoms with E-state index in [1.807, 2.05) is 12.1 Å². The molecule has 1 rings (SSSR count). The molecule has 0 aliphatic rings. The molecule has 2 unspecified atom stereocenters. The van der Waals surface area contributed by atoms with Gasteiger partial charge in [0.25, 0.3) is 0 Å². The maximum Gasteiger partial charge on any atom is 0.162 e. The van der Waals surface area contributed by atoms with Gasteiger partial charge in [-0.25, -0.2) is 0 Å². The predicted octanol–water partition coefficient (Wildman–Crippen LogP) is 1.90. The molecule has 18 heavy (non-hydrogen) atoms. The highest BCUT2D eigenvalue weighted by atomic mass is 16.5. The molecule has 0 aliphatic heterocycles. The standard InChI is InChI=1S/C14H23NO3/c1-10(7-11(2)16)8-15-9-12-5-4-6-13(18-3)14(12)17/h4-6,10-11,15-17H,7-9H2,1-3H3. The first kappa shape index (κ1) is 14.8. The van der Waals surface area contributed by atoms with Crippen LogP contribution in [0, 0.1) is 5.92 Å². The number of aliphatic hydroxyl groups is 1. The normalized spacial score (nSPS) is 14.2. The molecule has 4 nitrogen and oxygen atoms in total. The Kier molecular flexibility index (Phi) is 5.95. The molecule has 0 spiro atoms. The Morgan fingerprint density at radius 2 is 2.06 bits per heavy atom. The summed E-state index contributed by atoms with van der Waals surface area (Å²) in [6.07, 6.45) is 0.504. The number of rotatable bonds is 7. The van der Waals surface area contributed by atoms with Crippen molar-refractivity contribution in [3.05, 3.63) is 23.8 Å². The zero-order valence-electron chi connectivity index (χ0n) is 11.3. The lowest BCUT2D eigenvalue weighted by molar-refractivity contribution is 0.163. The number of methoxy groups -OCH3 is 1. The van der Waals surface area contributed by atoms with Gasteiger partial charge in [-0.2, -0.15) is 0 Å². The Morgan fingerprint density at radius 3 is 2.67 bits per heavy atom. The molecule has 4 heteroatoms. The quantitative estimate of drug-likeness (QED) is 0.694. The summed E-state index contributed by atoms with van der Waals surface area (Å²) in [5, 5.41) is 22.4. The van der Waals surface area contributed by atoms with Crippen LogP contribution in [0.2, 0.25) is 0 Å². The fourth-order valence-corrected chi connectivity index (χ4v) is 1.99. The van der Waals surface area contributed by atoms with Gasteiger partial charge in [-0.15, -0.1) is 0 Å². The van der Waals surface area contributed by atoms with Gasteiger partial charge in [-0.05, 0) is 31.9 Å². The molecule has 0 heterocycles. The van der Waals surface area contributed by atoms with Crippen molar-refractivity contribution in [2.45, 2.75) is 32.9 Å². The number of para-hydroxylation sites is 1. The van der Waals surface area contributed by atoms with E-state index in [1.54, 1.807) is 13.0 Å². The topological polar surface area (TPSA) is 61.7 Å². The summed E-state index contributed by atoms with van der Waals surface area (Å²) in [4.78, 5) is 0. The lowest BCUT2D eigenvalue weighted by Crippen LogP contribution is -2.23. The maximum absolute atomic E-state index is 9.89. The molecule has 0 aliphatic carbocycles. The number of aromatic hydroxyl groups is 1. The third-order valence-electron chi connectivity index (χ3n) is 2.85. The monoisotopic (exact) mass is 253 g/mol. The van der Waals surface area contributed by atoms with Crippen LogP contribution in [-0.4, -0.2) is 30.0 Å². The SMILES string of the molecule is COc1cccc(CNCC(C)CC(C)O)c1O. The second-order valence-electron chi connectivity index (χ2n) is 4.79. The predicted molar refractivity (Wildman–Crippen MR) is 71.8 cm³/mol. The zero-order valence-corrected chi connectivity index (χ0v) is 11.3. The van der Waals surface area contributed by atoms with Gasteiger partial charge in [0.15, 0.2) is 11.5 Å². The third kappa shape index (κ3) is 4.55. The first-order valence-electron chi connectivity index (χ1n) is 6.28. The molecule has 0 saturated carbocycles. The van der Waals surface area contributed by atoms with Crippen LogP contribution in [0.5, 0.6) is 11.5 Å². The lowest BCUT2D eigenvalue weighted by atomic mass is 10.0. The number of ether oxygens (including phenoxy) is 1. The molecule has 0 bridgehead atoms. The molecule has 0 amide bonds. The van der Waals surface area contributed by atoms with E-state index in [0.29, 0.717) is 18.2 Å². The first-order chi connectivity index (χ1) is 8.54. The van der Waals surface area contributed by atoms with E-state index < -0.39 is 0 Å². The van der Waals surface area contributed by atoms with E-state index >= 15 is 0 Å². The minimum absolute atomic E-state index is 0.190. The first-order valence-corrected chi connectivity index (χ1v) is 6.28. The van der Waals surface area contributed by atoms with Crippen LogP contribution in [0.1, 0.15) is 25.8 Å². The number of phenolic OH excluding ortho intramolecular Hbond substituents is 1. The number of phenols is 1. The molecule has 0 fully saturated rings. The van der Waals surface area contributed by atoms with Gasteiger partial charge in [-0.3, -0.25) is 0 Å². The van der Waals surface area contributed by atoms with Gasteiger partial charge in [0, 0.05) is 12.1 Å². The van der Waals surface area contributed by atoms with Crippen molar-refractivity contribution in [2.24, 2.45) is 5.92 Å². The average Bonchev–Trinajstić information content (AvgIpc) is 2.30. The summed E-state index contributed by atoms with van der Waals surface area (Å²) in [6.45, 7) is 5.28. The van der Waals surface area contributed by atoms with Crippen molar-refractivity contribution in [3.8, 4) is 11.5 Å². The Labute approximate surface area is 109 Å². The van der Waals surface area contributed by atoms with Gasteiger partial charge in [0.05, 0.1) is 13.2 Å². The second-order valence-corrected chi connectivity index (χ2v) is 4.79. The van der Waals surface area contributed by atoms with Crippen molar-refractivity contribution in [1.82, 2.24) is 5.32 Å². The van der Waals surface area contributed by atoms with Gasteiger partial charge in [0.1, 0.15) is 0 Å². The summed E-state index contributed by atoms with van der Waals surface area (Å²) in [6, 6.07) is 5.45. The van der Waals surface area contributed by atoms with Crippen molar-refractivity contribution in [1.29, 1.82) is 0 Å². The van der Waals surface area contributed by atoms with Gasteiger partial charge in [-0.1, -0.05) is 19.1 Å². The fraction of sp³-hybridized carbons (Fsp3) is 0.571. The van der Waals surface area contributed by atoms with Crippen molar-refractivity contribution in [3.63, 3.8) is 0 Å². The summed E-state index contributed by atoms with van der Waals surface area (Å²) >= 11 is 0. The lowest BCUT2D eigenvalue weighted by Gasteiger charge is -2.15. The fourth-order valence-electron chi connectivity index (χ4n) is 1.99. The average molecular weight is 253 g/mol. The summed E-state index contributed by atoms with van der Waals surface area (Å²) in [5.74, 6) is 1.08.